The van der Waals surface area contributed by atoms with E-state index in [1.54, 1.807) is 7.11 Å². The lowest BCUT2D eigenvalue weighted by molar-refractivity contribution is 0.0632. The van der Waals surface area contributed by atoms with Crippen LogP contribution in [0.1, 0.15) is 61.9 Å². The number of nitrogens with zero attached hydrogens (tertiary/aromatic N) is 1. The fourth-order valence-electron chi connectivity index (χ4n) is 2.87. The van der Waals surface area contributed by atoms with Crippen LogP contribution in [0.15, 0.2) is 12.1 Å². The molecule has 0 saturated carbocycles. The molecule has 4 heteroatoms. The van der Waals surface area contributed by atoms with Crippen molar-refractivity contribution in [3.05, 3.63) is 28.3 Å². The van der Waals surface area contributed by atoms with Crippen molar-refractivity contribution in [2.24, 2.45) is 0 Å². The lowest BCUT2D eigenvalue weighted by Gasteiger charge is -2.34. The van der Waals surface area contributed by atoms with Crippen LogP contribution >= 0.6 is 11.6 Å². The highest BCUT2D eigenvalue weighted by Gasteiger charge is 2.27. The van der Waals surface area contributed by atoms with Gasteiger partial charge in [0, 0.05) is 12.6 Å². The molecule has 0 unspecified atom stereocenters. The van der Waals surface area contributed by atoms with Crippen molar-refractivity contribution in [2.75, 3.05) is 13.7 Å². The second-order valence-electron chi connectivity index (χ2n) is 6.08. The minimum absolute atomic E-state index is 0.0310. The maximum absolute atomic E-state index is 12.9. The molecular weight excluding hydrogens is 286 g/mol. The molecule has 0 bridgehead atoms. The van der Waals surface area contributed by atoms with Gasteiger partial charge in [-0.15, -0.1) is 0 Å². The number of piperidine rings is 1. The topological polar surface area (TPSA) is 29.5 Å². The van der Waals surface area contributed by atoms with E-state index in [-0.39, 0.29) is 11.9 Å². The average molecular weight is 310 g/mol. The summed E-state index contributed by atoms with van der Waals surface area (Å²) < 4.78 is 5.38. The molecular formula is C17H24ClNO2. The highest BCUT2D eigenvalue weighted by molar-refractivity contribution is 6.32. The van der Waals surface area contributed by atoms with E-state index in [4.69, 9.17) is 16.3 Å². The van der Waals surface area contributed by atoms with E-state index >= 15 is 0 Å². The van der Waals surface area contributed by atoms with Crippen LogP contribution in [0.5, 0.6) is 5.75 Å². The third-order valence-corrected chi connectivity index (χ3v) is 4.51. The van der Waals surface area contributed by atoms with Crippen LogP contribution in [-0.4, -0.2) is 30.5 Å². The van der Waals surface area contributed by atoms with Crippen molar-refractivity contribution in [1.29, 1.82) is 0 Å². The van der Waals surface area contributed by atoms with Gasteiger partial charge in [0.05, 0.1) is 17.7 Å². The Labute approximate surface area is 132 Å². The van der Waals surface area contributed by atoms with E-state index in [1.165, 1.54) is 6.42 Å². The van der Waals surface area contributed by atoms with Gasteiger partial charge in [-0.3, -0.25) is 4.79 Å². The second kappa shape index (κ2) is 6.69. The van der Waals surface area contributed by atoms with Crippen LogP contribution < -0.4 is 4.74 Å². The van der Waals surface area contributed by atoms with Crippen molar-refractivity contribution in [3.8, 4) is 5.75 Å². The standard InChI is InChI=1S/C17H24ClNO2/c1-11(2)13-9-14(16(21-4)15(18)10-13)17(20)19-8-6-5-7-12(19)3/h9-12H,5-8H2,1-4H3/t12-/m0/s1. The lowest BCUT2D eigenvalue weighted by atomic mass is 9.97. The molecule has 1 aromatic carbocycles. The molecule has 1 aliphatic heterocycles. The summed E-state index contributed by atoms with van der Waals surface area (Å²) >= 11 is 6.30. The maximum Gasteiger partial charge on any atom is 0.257 e. The van der Waals surface area contributed by atoms with Crippen LogP contribution in [0.2, 0.25) is 5.02 Å². The van der Waals surface area contributed by atoms with Gasteiger partial charge in [0.15, 0.2) is 0 Å². The zero-order chi connectivity index (χ0) is 15.6. The normalized spacial score (nSPS) is 19.0. The Balaban J connectivity index is 2.43. The highest BCUT2D eigenvalue weighted by atomic mass is 35.5. The van der Waals surface area contributed by atoms with Gasteiger partial charge in [-0.2, -0.15) is 0 Å². The number of carbonyl (C=O) groups is 1. The maximum atomic E-state index is 12.9. The zero-order valence-corrected chi connectivity index (χ0v) is 14.0. The Morgan fingerprint density at radius 1 is 1.38 bits per heavy atom. The third-order valence-electron chi connectivity index (χ3n) is 4.23. The summed E-state index contributed by atoms with van der Waals surface area (Å²) in [5.41, 5.74) is 1.65. The van der Waals surface area contributed by atoms with Gasteiger partial charge in [0.2, 0.25) is 0 Å². The van der Waals surface area contributed by atoms with E-state index in [2.05, 4.69) is 20.8 Å². The van der Waals surface area contributed by atoms with Crippen molar-refractivity contribution >= 4 is 17.5 Å². The van der Waals surface area contributed by atoms with Crippen LogP contribution in [0, 0.1) is 0 Å². The SMILES string of the molecule is COc1c(Cl)cc(C(C)C)cc1C(=O)N1CCCC[C@@H]1C. The van der Waals surface area contributed by atoms with Crippen molar-refractivity contribution < 1.29 is 9.53 Å². The van der Waals surface area contributed by atoms with Gasteiger partial charge >= 0.3 is 0 Å². The first-order chi connectivity index (χ1) is 9.95. The molecule has 116 valence electrons. The Bertz CT molecular complexity index is 528. The third kappa shape index (κ3) is 3.34. The summed E-state index contributed by atoms with van der Waals surface area (Å²) in [4.78, 5) is 14.9. The van der Waals surface area contributed by atoms with Gasteiger partial charge in [-0.05, 0) is 49.8 Å². The van der Waals surface area contributed by atoms with Crippen molar-refractivity contribution in [3.63, 3.8) is 0 Å². The first-order valence-corrected chi connectivity index (χ1v) is 8.02. The van der Waals surface area contributed by atoms with Crippen LogP contribution in [-0.2, 0) is 0 Å². The number of likely N-dealkylation sites (tertiary alicyclic amines) is 1. The number of methoxy groups -OCH3 is 1. The number of benzene rings is 1. The summed E-state index contributed by atoms with van der Waals surface area (Å²) in [6.45, 7) is 7.11. The zero-order valence-electron chi connectivity index (χ0n) is 13.3. The number of rotatable bonds is 3. The molecule has 1 atom stereocenters. The first-order valence-electron chi connectivity index (χ1n) is 7.64. The van der Waals surface area contributed by atoms with Gasteiger partial charge in [0.1, 0.15) is 5.75 Å². The van der Waals surface area contributed by atoms with Gasteiger partial charge in [-0.25, -0.2) is 0 Å². The summed E-state index contributed by atoms with van der Waals surface area (Å²) in [6.07, 6.45) is 3.32. The largest absolute Gasteiger partial charge is 0.494 e. The molecule has 1 aromatic rings. The van der Waals surface area contributed by atoms with Crippen molar-refractivity contribution in [1.82, 2.24) is 4.90 Å². The predicted octanol–water partition coefficient (Wildman–Crippen LogP) is 4.49. The number of ether oxygens (including phenoxy) is 1. The van der Waals surface area contributed by atoms with Crippen LogP contribution in [0.25, 0.3) is 0 Å². The van der Waals surface area contributed by atoms with Crippen LogP contribution in [0.4, 0.5) is 0 Å². The average Bonchev–Trinajstić information content (AvgIpc) is 2.46. The second-order valence-corrected chi connectivity index (χ2v) is 6.49. The predicted molar refractivity (Wildman–Crippen MR) is 86.4 cm³/mol. The molecule has 1 amide bonds. The molecule has 1 heterocycles. The molecule has 0 aliphatic carbocycles. The Hall–Kier alpha value is -1.22. The van der Waals surface area contributed by atoms with E-state index < -0.39 is 0 Å². The number of hydrogen-bond acceptors (Lipinski definition) is 2. The highest BCUT2D eigenvalue weighted by Crippen LogP contribution is 2.34. The van der Waals surface area contributed by atoms with Gasteiger partial charge in [0.25, 0.3) is 5.91 Å². The Morgan fingerprint density at radius 3 is 2.67 bits per heavy atom. The Kier molecular flexibility index (Phi) is 5.15. The molecule has 1 fully saturated rings. The molecule has 0 radical (unpaired) electrons. The monoisotopic (exact) mass is 309 g/mol. The van der Waals surface area contributed by atoms with E-state index in [0.29, 0.717) is 22.3 Å². The fraction of sp³-hybridized carbons (Fsp3) is 0.588. The number of hydrogen-bond donors (Lipinski definition) is 0. The summed E-state index contributed by atoms with van der Waals surface area (Å²) in [5, 5.41) is 0.511. The summed E-state index contributed by atoms with van der Waals surface area (Å²) in [5.74, 6) is 0.839. The molecule has 0 aromatic heterocycles. The van der Waals surface area contributed by atoms with E-state index in [9.17, 15) is 4.79 Å². The number of carbonyl (C=O) groups excluding carboxylic acids is 1. The minimum Gasteiger partial charge on any atom is -0.494 e. The molecule has 0 N–H and O–H groups in total. The Morgan fingerprint density at radius 2 is 2.10 bits per heavy atom. The number of halogens is 1. The van der Waals surface area contributed by atoms with E-state index in [0.717, 1.165) is 24.9 Å². The summed E-state index contributed by atoms with van der Waals surface area (Å²) in [6, 6.07) is 4.10. The van der Waals surface area contributed by atoms with E-state index in [1.807, 2.05) is 17.0 Å². The van der Waals surface area contributed by atoms with Gasteiger partial charge in [-0.1, -0.05) is 25.4 Å². The molecule has 0 spiro atoms. The molecule has 2 rings (SSSR count). The quantitative estimate of drug-likeness (QED) is 0.823. The fourth-order valence-corrected chi connectivity index (χ4v) is 3.17. The first kappa shape index (κ1) is 16.2. The molecule has 1 aliphatic rings. The molecule has 1 saturated heterocycles. The van der Waals surface area contributed by atoms with Crippen molar-refractivity contribution in [2.45, 2.75) is 52.0 Å². The smallest absolute Gasteiger partial charge is 0.257 e. The lowest BCUT2D eigenvalue weighted by Crippen LogP contribution is -2.42. The van der Waals surface area contributed by atoms with Gasteiger partial charge < -0.3 is 9.64 Å². The van der Waals surface area contributed by atoms with Crippen LogP contribution in [0.3, 0.4) is 0 Å². The number of amides is 1. The minimum atomic E-state index is 0.0310. The molecule has 21 heavy (non-hydrogen) atoms. The summed E-state index contributed by atoms with van der Waals surface area (Å²) in [7, 11) is 1.56. The molecule has 3 nitrogen and oxygen atoms in total.